The summed E-state index contributed by atoms with van der Waals surface area (Å²) in [5.74, 6) is 5.50. The quantitative estimate of drug-likeness (QED) is 0.404. The van der Waals surface area contributed by atoms with Crippen molar-refractivity contribution in [1.82, 2.24) is 20.6 Å². The smallest absolute Gasteiger partial charge is 0.266 e. The Bertz CT molecular complexity index is 432. The number of hydrogen-bond acceptors (Lipinski definition) is 5. The molecule has 0 bridgehead atoms. The first-order valence-electron chi connectivity index (χ1n) is 7.05. The maximum Gasteiger partial charge on any atom is 0.266 e. The van der Waals surface area contributed by atoms with E-state index < -0.39 is 0 Å². The minimum Gasteiger partial charge on any atom is -0.319 e. The van der Waals surface area contributed by atoms with E-state index in [4.69, 9.17) is 5.84 Å². The van der Waals surface area contributed by atoms with Crippen LogP contribution in [0.15, 0.2) is 18.3 Å². The molecule has 1 saturated heterocycles. The zero-order chi connectivity index (χ0) is 14.4. The largest absolute Gasteiger partial charge is 0.319 e. The average Bonchev–Trinajstić information content (AvgIpc) is 2.48. The van der Waals surface area contributed by atoms with Crippen LogP contribution in [0.4, 0.5) is 0 Å². The van der Waals surface area contributed by atoms with Crippen LogP contribution in [0, 0.1) is 5.92 Å². The van der Waals surface area contributed by atoms with Gasteiger partial charge in [0.1, 0.15) is 0 Å². The van der Waals surface area contributed by atoms with Crippen molar-refractivity contribution >= 4 is 5.91 Å². The first-order valence-corrected chi connectivity index (χ1v) is 7.05. The van der Waals surface area contributed by atoms with Gasteiger partial charge in [-0.3, -0.25) is 20.1 Å². The summed E-state index contributed by atoms with van der Waals surface area (Å²) in [5, 5.41) is 3.25. The summed E-state index contributed by atoms with van der Waals surface area (Å²) >= 11 is 0. The number of hydrazine groups is 1. The highest BCUT2D eigenvalue weighted by Crippen LogP contribution is 2.17. The molecule has 0 saturated carbocycles. The van der Waals surface area contributed by atoms with Crippen LogP contribution in [-0.2, 0) is 6.54 Å². The number of nitrogens with one attached hydrogen (secondary N) is 2. The van der Waals surface area contributed by atoms with Gasteiger partial charge in [-0.25, -0.2) is 5.84 Å². The molecule has 0 aromatic carbocycles. The Hall–Kier alpha value is -1.50. The molecule has 1 aliphatic heterocycles. The van der Waals surface area contributed by atoms with Crippen LogP contribution in [0.25, 0.3) is 0 Å². The molecule has 1 fully saturated rings. The number of aromatic nitrogens is 1. The zero-order valence-corrected chi connectivity index (χ0v) is 11.9. The number of likely N-dealkylation sites (tertiary alicyclic amines) is 1. The molecule has 0 spiro atoms. The monoisotopic (exact) mass is 277 g/mol. The molecular formula is C14H23N5O. The lowest BCUT2D eigenvalue weighted by Crippen LogP contribution is -2.38. The molecule has 1 atom stereocenters. The molecule has 0 radical (unpaired) electrons. The number of nitrogens with zero attached hydrogens (tertiary/aromatic N) is 2. The molecule has 1 aromatic heterocycles. The SMILES string of the molecule is CNCC1CCCN(Cc2ccc(C(=O)NN)cn2)C1. The molecule has 0 aliphatic carbocycles. The van der Waals surface area contributed by atoms with Crippen LogP contribution in [0.1, 0.15) is 28.9 Å². The normalized spacial score (nSPS) is 19.8. The molecule has 6 heteroatoms. The van der Waals surface area contributed by atoms with Crippen LogP contribution in [0.5, 0.6) is 0 Å². The highest BCUT2D eigenvalue weighted by atomic mass is 16.2. The Morgan fingerprint density at radius 1 is 1.55 bits per heavy atom. The van der Waals surface area contributed by atoms with Gasteiger partial charge in [0.15, 0.2) is 0 Å². The second-order valence-electron chi connectivity index (χ2n) is 5.31. The van der Waals surface area contributed by atoms with Gasteiger partial charge in [-0.05, 0) is 51.0 Å². The second kappa shape index (κ2) is 7.33. The fraction of sp³-hybridized carbons (Fsp3) is 0.571. The third-order valence-corrected chi connectivity index (χ3v) is 3.70. The van der Waals surface area contributed by atoms with Gasteiger partial charge in [0, 0.05) is 19.3 Å². The van der Waals surface area contributed by atoms with Crippen molar-refractivity contribution in [3.05, 3.63) is 29.6 Å². The van der Waals surface area contributed by atoms with E-state index in [9.17, 15) is 4.79 Å². The van der Waals surface area contributed by atoms with Crippen molar-refractivity contribution in [3.8, 4) is 0 Å². The van der Waals surface area contributed by atoms with Gasteiger partial charge < -0.3 is 5.32 Å². The molecule has 1 amide bonds. The molecule has 110 valence electrons. The Morgan fingerprint density at radius 3 is 3.05 bits per heavy atom. The van der Waals surface area contributed by atoms with Crippen molar-refractivity contribution in [2.75, 3.05) is 26.7 Å². The first kappa shape index (κ1) is 14.9. The lowest BCUT2D eigenvalue weighted by molar-refractivity contribution is 0.0953. The minimum absolute atomic E-state index is 0.309. The topological polar surface area (TPSA) is 83.3 Å². The summed E-state index contributed by atoms with van der Waals surface area (Å²) in [7, 11) is 2.00. The van der Waals surface area contributed by atoms with Gasteiger partial charge in [0.2, 0.25) is 0 Å². The van der Waals surface area contributed by atoms with Crippen LogP contribution in [-0.4, -0.2) is 42.5 Å². The van der Waals surface area contributed by atoms with Gasteiger partial charge in [-0.2, -0.15) is 0 Å². The van der Waals surface area contributed by atoms with Crippen molar-refractivity contribution in [2.45, 2.75) is 19.4 Å². The fourth-order valence-corrected chi connectivity index (χ4v) is 2.71. The van der Waals surface area contributed by atoms with E-state index >= 15 is 0 Å². The van der Waals surface area contributed by atoms with Crippen molar-refractivity contribution in [1.29, 1.82) is 0 Å². The Labute approximate surface area is 119 Å². The van der Waals surface area contributed by atoms with Crippen LogP contribution < -0.4 is 16.6 Å². The lowest BCUT2D eigenvalue weighted by Gasteiger charge is -2.32. The zero-order valence-electron chi connectivity index (χ0n) is 11.9. The van der Waals surface area contributed by atoms with Crippen molar-refractivity contribution in [3.63, 3.8) is 0 Å². The van der Waals surface area contributed by atoms with E-state index in [1.54, 1.807) is 12.3 Å². The van der Waals surface area contributed by atoms with Crippen LogP contribution >= 0.6 is 0 Å². The molecule has 1 aromatic rings. The number of pyridine rings is 1. The maximum absolute atomic E-state index is 11.3. The van der Waals surface area contributed by atoms with E-state index in [-0.39, 0.29) is 5.91 Å². The Kier molecular flexibility index (Phi) is 5.46. The predicted molar refractivity (Wildman–Crippen MR) is 77.8 cm³/mol. The average molecular weight is 277 g/mol. The van der Waals surface area contributed by atoms with Crippen LogP contribution in [0.3, 0.4) is 0 Å². The van der Waals surface area contributed by atoms with Gasteiger partial charge in [-0.15, -0.1) is 0 Å². The second-order valence-corrected chi connectivity index (χ2v) is 5.31. The fourth-order valence-electron chi connectivity index (χ4n) is 2.71. The number of rotatable bonds is 5. The summed E-state index contributed by atoms with van der Waals surface area (Å²) in [4.78, 5) is 18.1. The number of piperidine rings is 1. The molecule has 1 unspecified atom stereocenters. The Morgan fingerprint density at radius 2 is 2.40 bits per heavy atom. The Balaban J connectivity index is 1.91. The summed E-state index contributed by atoms with van der Waals surface area (Å²) in [6, 6.07) is 3.66. The number of nitrogens with two attached hydrogens (primary N) is 1. The molecular weight excluding hydrogens is 254 g/mol. The van der Waals surface area contributed by atoms with E-state index in [2.05, 4.69) is 20.6 Å². The van der Waals surface area contributed by atoms with Gasteiger partial charge >= 0.3 is 0 Å². The number of carbonyl (C=O) groups is 1. The highest BCUT2D eigenvalue weighted by Gasteiger charge is 2.19. The van der Waals surface area contributed by atoms with E-state index in [1.807, 2.05) is 13.1 Å². The van der Waals surface area contributed by atoms with Gasteiger partial charge in [0.05, 0.1) is 11.3 Å². The molecule has 4 N–H and O–H groups in total. The summed E-state index contributed by atoms with van der Waals surface area (Å²) < 4.78 is 0. The maximum atomic E-state index is 11.3. The van der Waals surface area contributed by atoms with Gasteiger partial charge in [0.25, 0.3) is 5.91 Å². The molecule has 2 heterocycles. The predicted octanol–water partition coefficient (Wildman–Crippen LogP) is 0.117. The van der Waals surface area contributed by atoms with E-state index in [0.717, 1.165) is 37.8 Å². The van der Waals surface area contributed by atoms with E-state index in [0.29, 0.717) is 5.56 Å². The van der Waals surface area contributed by atoms with Crippen molar-refractivity contribution in [2.24, 2.45) is 11.8 Å². The van der Waals surface area contributed by atoms with Gasteiger partial charge in [-0.1, -0.05) is 0 Å². The number of hydrogen-bond donors (Lipinski definition) is 3. The van der Waals surface area contributed by atoms with Crippen molar-refractivity contribution < 1.29 is 4.79 Å². The summed E-state index contributed by atoms with van der Waals surface area (Å²) in [6.45, 7) is 4.13. The number of carbonyl (C=O) groups excluding carboxylic acids is 1. The summed E-state index contributed by atoms with van der Waals surface area (Å²) in [6.07, 6.45) is 4.10. The number of nitrogen functional groups attached to an aromatic ring is 1. The summed E-state index contributed by atoms with van der Waals surface area (Å²) in [5.41, 5.74) is 3.58. The highest BCUT2D eigenvalue weighted by molar-refractivity contribution is 5.93. The van der Waals surface area contributed by atoms with E-state index in [1.165, 1.54) is 12.8 Å². The molecule has 20 heavy (non-hydrogen) atoms. The van der Waals surface area contributed by atoms with Crippen LogP contribution in [0.2, 0.25) is 0 Å². The third-order valence-electron chi connectivity index (χ3n) is 3.70. The molecule has 6 nitrogen and oxygen atoms in total. The minimum atomic E-state index is -0.309. The lowest BCUT2D eigenvalue weighted by atomic mass is 9.98. The molecule has 1 aliphatic rings. The third kappa shape index (κ3) is 4.00. The number of amides is 1. The molecule has 2 rings (SSSR count). The first-order chi connectivity index (χ1) is 9.72. The standard InChI is InChI=1S/C14H23N5O/c1-16-7-11-3-2-6-19(9-11)10-13-5-4-12(8-17-13)14(20)18-15/h4-5,8,11,16H,2-3,6-7,9-10,15H2,1H3,(H,18,20).